The average Bonchev–Trinajstić information content (AvgIpc) is 2.90. The van der Waals surface area contributed by atoms with Gasteiger partial charge >= 0.3 is 5.97 Å². The number of nitrogens with zero attached hydrogens (tertiary/aromatic N) is 3. The largest absolute Gasteiger partial charge is 0.481 e. The molecule has 1 saturated heterocycles. The lowest BCUT2D eigenvalue weighted by Gasteiger charge is -2.34. The normalized spacial score (nSPS) is 15.2. The number of benzene rings is 2. The minimum absolute atomic E-state index is 0.0298. The number of carboxylic acid groups (broad SMARTS) is 1. The molecule has 1 aliphatic rings. The predicted octanol–water partition coefficient (Wildman–Crippen LogP) is 5.54. The van der Waals surface area contributed by atoms with E-state index in [2.05, 4.69) is 10.4 Å². The van der Waals surface area contributed by atoms with Crippen LogP contribution in [0.4, 0.5) is 13.2 Å². The molecule has 4 rings (SSSR count). The van der Waals surface area contributed by atoms with E-state index in [-0.39, 0.29) is 23.5 Å². The number of aryl methyl sites for hydroxylation is 4. The Labute approximate surface area is 261 Å². The number of carbonyl (C=O) groups excluding carboxylic acids is 1. The summed E-state index contributed by atoms with van der Waals surface area (Å²) >= 11 is 0. The third-order valence-electron chi connectivity index (χ3n) is 8.26. The summed E-state index contributed by atoms with van der Waals surface area (Å²) in [4.78, 5) is 41.0. The summed E-state index contributed by atoms with van der Waals surface area (Å²) in [6.45, 7) is 11.8. The fourth-order valence-corrected chi connectivity index (χ4v) is 6.02. The van der Waals surface area contributed by atoms with Crippen LogP contribution in [0.15, 0.2) is 35.1 Å². The van der Waals surface area contributed by atoms with E-state index in [1.54, 1.807) is 33.8 Å². The summed E-state index contributed by atoms with van der Waals surface area (Å²) in [5.41, 5.74) is 3.45. The van der Waals surface area contributed by atoms with Crippen molar-refractivity contribution in [1.29, 1.82) is 0 Å². The van der Waals surface area contributed by atoms with Crippen LogP contribution in [0.1, 0.15) is 72.3 Å². The van der Waals surface area contributed by atoms with Crippen LogP contribution >= 0.6 is 0 Å². The fourth-order valence-electron chi connectivity index (χ4n) is 6.02. The molecule has 0 bridgehead atoms. The average molecular weight is 627 g/mol. The van der Waals surface area contributed by atoms with Gasteiger partial charge in [-0.15, -0.1) is 0 Å². The van der Waals surface area contributed by atoms with Gasteiger partial charge in [0.15, 0.2) is 0 Å². The lowest BCUT2D eigenvalue weighted by Crippen LogP contribution is -2.49. The van der Waals surface area contributed by atoms with E-state index in [1.165, 1.54) is 24.3 Å². The summed E-state index contributed by atoms with van der Waals surface area (Å²) in [6.07, 6.45) is -0.792. The molecule has 45 heavy (non-hydrogen) atoms. The van der Waals surface area contributed by atoms with E-state index in [0.29, 0.717) is 59.6 Å². The second-order valence-corrected chi connectivity index (χ2v) is 12.6. The molecule has 8 nitrogen and oxygen atoms in total. The fraction of sp³-hybridized carbons (Fsp3) is 0.471. The molecule has 2 heterocycles. The number of likely N-dealkylation sites (tertiary alicyclic amines) is 1. The summed E-state index contributed by atoms with van der Waals surface area (Å²) in [7, 11) is 0. The molecule has 0 aliphatic carbocycles. The van der Waals surface area contributed by atoms with E-state index >= 15 is 4.39 Å². The van der Waals surface area contributed by atoms with Crippen LogP contribution in [0.5, 0.6) is 0 Å². The highest BCUT2D eigenvalue weighted by atomic mass is 19.1. The lowest BCUT2D eigenvalue weighted by molar-refractivity contribution is -0.138. The smallest absolute Gasteiger partial charge is 0.305 e. The number of aromatic nitrogens is 2. The molecule has 1 aromatic heterocycles. The molecule has 242 valence electrons. The molecular formula is C34H41F3N4O4. The quantitative estimate of drug-likeness (QED) is 0.274. The van der Waals surface area contributed by atoms with Gasteiger partial charge in [0.05, 0.1) is 18.2 Å². The minimum atomic E-state index is -1.27. The van der Waals surface area contributed by atoms with E-state index in [9.17, 15) is 28.3 Å². The molecule has 0 saturated carbocycles. The minimum Gasteiger partial charge on any atom is -0.481 e. The van der Waals surface area contributed by atoms with Crippen LogP contribution in [0.25, 0.3) is 11.1 Å². The van der Waals surface area contributed by atoms with Gasteiger partial charge in [-0.05, 0) is 97.7 Å². The number of alkyl halides is 1. The molecule has 11 heteroatoms. The maximum absolute atomic E-state index is 15.7. The van der Waals surface area contributed by atoms with Crippen LogP contribution < -0.4 is 10.9 Å². The molecule has 2 atom stereocenters. The highest BCUT2D eigenvalue weighted by Gasteiger charge is 2.31. The first-order valence-corrected chi connectivity index (χ1v) is 15.2. The third-order valence-corrected chi connectivity index (χ3v) is 8.26. The number of hydrogen-bond donors (Lipinski definition) is 2. The summed E-state index contributed by atoms with van der Waals surface area (Å²) < 4.78 is 44.2. The number of carboxylic acids is 1. The maximum Gasteiger partial charge on any atom is 0.305 e. The van der Waals surface area contributed by atoms with Gasteiger partial charge < -0.3 is 10.4 Å². The Morgan fingerprint density at radius 1 is 1.00 bits per heavy atom. The van der Waals surface area contributed by atoms with Crippen LogP contribution in [0.2, 0.25) is 0 Å². The molecule has 0 unspecified atom stereocenters. The number of halogens is 3. The van der Waals surface area contributed by atoms with Crippen molar-refractivity contribution in [2.24, 2.45) is 5.92 Å². The molecular weight excluding hydrogens is 585 g/mol. The Bertz CT molecular complexity index is 1630. The second-order valence-electron chi connectivity index (χ2n) is 12.6. The van der Waals surface area contributed by atoms with Crippen LogP contribution in [-0.4, -0.2) is 57.5 Å². The zero-order valence-electron chi connectivity index (χ0n) is 26.6. The van der Waals surface area contributed by atoms with E-state index in [4.69, 9.17) is 0 Å². The molecule has 1 fully saturated rings. The zero-order valence-corrected chi connectivity index (χ0v) is 26.6. The number of rotatable bonds is 12. The molecule has 1 aliphatic heterocycles. The standard InChI is InChI=1S/C34H41F3N4O4/c1-18(2)9-29(41-30(42)13-19(3)27(39-41)7-8-40-16-25(36)17-40)34(45)38-28(15-31(43)44)26-14-23(10-22(6)33(26)37)32-20(4)11-24(35)12-21(32)5/h10-14,18,25,28-29H,7-9,15-17H2,1-6H3,(H,38,45)(H,43,44)/t28-,29-/m0/s1. The summed E-state index contributed by atoms with van der Waals surface area (Å²) in [5.74, 6) is -3.05. The topological polar surface area (TPSA) is 105 Å². The first-order valence-electron chi connectivity index (χ1n) is 15.2. The Morgan fingerprint density at radius 2 is 1.64 bits per heavy atom. The van der Waals surface area contributed by atoms with Crippen LogP contribution in [-0.2, 0) is 16.0 Å². The van der Waals surface area contributed by atoms with Gasteiger partial charge in [0, 0.05) is 37.7 Å². The van der Waals surface area contributed by atoms with Crippen molar-refractivity contribution in [3.8, 4) is 11.1 Å². The number of carbonyl (C=O) groups is 2. The van der Waals surface area contributed by atoms with Crippen molar-refractivity contribution in [3.05, 3.63) is 85.8 Å². The molecule has 0 spiro atoms. The summed E-state index contributed by atoms with van der Waals surface area (Å²) in [5, 5.41) is 17.0. The van der Waals surface area contributed by atoms with Gasteiger partial charge in [0.25, 0.3) is 5.56 Å². The van der Waals surface area contributed by atoms with Gasteiger partial charge in [-0.1, -0.05) is 13.8 Å². The monoisotopic (exact) mass is 626 g/mol. The van der Waals surface area contributed by atoms with Crippen molar-refractivity contribution in [1.82, 2.24) is 20.0 Å². The van der Waals surface area contributed by atoms with E-state index in [0.717, 1.165) is 4.68 Å². The predicted molar refractivity (Wildman–Crippen MR) is 166 cm³/mol. The molecule has 3 aromatic rings. The van der Waals surface area contributed by atoms with Crippen molar-refractivity contribution in [2.75, 3.05) is 19.6 Å². The molecule has 1 amide bonds. The van der Waals surface area contributed by atoms with Crippen LogP contribution in [0, 0.1) is 45.2 Å². The van der Waals surface area contributed by atoms with E-state index < -0.39 is 53.7 Å². The first-order chi connectivity index (χ1) is 21.1. The second kappa shape index (κ2) is 14.0. The highest BCUT2D eigenvalue weighted by molar-refractivity contribution is 5.82. The number of nitrogens with one attached hydrogen (secondary N) is 1. The third kappa shape index (κ3) is 8.00. The van der Waals surface area contributed by atoms with E-state index in [1.807, 2.05) is 18.7 Å². The van der Waals surface area contributed by atoms with Gasteiger partial charge in [-0.3, -0.25) is 19.3 Å². The number of amides is 1. The Hall–Kier alpha value is -3.99. The van der Waals surface area contributed by atoms with Gasteiger partial charge in [-0.2, -0.15) is 5.10 Å². The SMILES string of the molecule is Cc1cc(=O)n([C@@H](CC(C)C)C(=O)N[C@@H](CC(=O)O)c2cc(-c3c(C)cc(F)cc3C)cc(C)c2F)nc1CCN1CC(F)C1. The zero-order chi connectivity index (χ0) is 33.2. The van der Waals surface area contributed by atoms with Gasteiger partial charge in [0.2, 0.25) is 5.91 Å². The Balaban J connectivity index is 1.71. The van der Waals surface area contributed by atoms with Gasteiger partial charge in [-0.25, -0.2) is 17.9 Å². The molecule has 0 radical (unpaired) electrons. The number of hydrogen-bond acceptors (Lipinski definition) is 5. The maximum atomic E-state index is 15.7. The van der Waals surface area contributed by atoms with Crippen molar-refractivity contribution < 1.29 is 27.9 Å². The summed E-state index contributed by atoms with van der Waals surface area (Å²) in [6, 6.07) is 4.88. The lowest BCUT2D eigenvalue weighted by atomic mass is 9.90. The molecule has 2 aromatic carbocycles. The Morgan fingerprint density at radius 3 is 2.22 bits per heavy atom. The first kappa shape index (κ1) is 33.9. The number of aliphatic carboxylic acids is 1. The van der Waals surface area contributed by atoms with Crippen molar-refractivity contribution >= 4 is 11.9 Å². The Kier molecular flexibility index (Phi) is 10.5. The van der Waals surface area contributed by atoms with Crippen molar-refractivity contribution in [2.45, 2.75) is 79.1 Å². The molecule has 2 N–H and O–H groups in total. The van der Waals surface area contributed by atoms with Crippen molar-refractivity contribution in [3.63, 3.8) is 0 Å². The van der Waals surface area contributed by atoms with Crippen LogP contribution in [0.3, 0.4) is 0 Å². The van der Waals surface area contributed by atoms with Gasteiger partial charge in [0.1, 0.15) is 23.8 Å². The highest BCUT2D eigenvalue weighted by Crippen LogP contribution is 2.34.